The Kier molecular flexibility index (Phi) is 8.81. The van der Waals surface area contributed by atoms with Crippen LogP contribution < -0.4 is 0 Å². The number of hydrogen-bond acceptors (Lipinski definition) is 1. The van der Waals surface area contributed by atoms with E-state index < -0.39 is 0 Å². The number of unbranched alkanes of at least 4 members (excludes halogenated alkanes) is 4. The van der Waals surface area contributed by atoms with Gasteiger partial charge in [0, 0.05) is 0 Å². The lowest BCUT2D eigenvalue weighted by Crippen LogP contribution is -2.38. The number of rotatable bonds is 10. The van der Waals surface area contributed by atoms with Crippen LogP contribution in [0, 0.1) is 40.4 Å². The first-order valence-electron chi connectivity index (χ1n) is 11.6. The predicted molar refractivity (Wildman–Crippen MR) is 108 cm³/mol. The van der Waals surface area contributed by atoms with Gasteiger partial charge in [-0.2, -0.15) is 5.26 Å². The van der Waals surface area contributed by atoms with Crippen LogP contribution in [0.4, 0.5) is 0 Å². The first-order chi connectivity index (χ1) is 12.2. The highest BCUT2D eigenvalue weighted by Gasteiger charge is 2.43. The maximum atomic E-state index is 9.91. The second-order valence-electron chi connectivity index (χ2n) is 9.28. The van der Waals surface area contributed by atoms with Gasteiger partial charge in [-0.15, -0.1) is 0 Å². The zero-order valence-electron chi connectivity index (χ0n) is 17.4. The van der Waals surface area contributed by atoms with Gasteiger partial charge in [-0.3, -0.25) is 0 Å². The molecule has 0 N–H and O–H groups in total. The van der Waals surface area contributed by atoms with Crippen molar-refractivity contribution in [1.29, 1.82) is 5.26 Å². The summed E-state index contributed by atoms with van der Waals surface area (Å²) in [7, 11) is 0. The summed E-state index contributed by atoms with van der Waals surface area (Å²) < 4.78 is 0. The molecule has 2 aliphatic rings. The van der Waals surface area contributed by atoms with Crippen molar-refractivity contribution in [2.24, 2.45) is 29.1 Å². The number of nitriles is 1. The largest absolute Gasteiger partial charge is 0.198 e. The van der Waals surface area contributed by atoms with Gasteiger partial charge in [0.2, 0.25) is 0 Å². The van der Waals surface area contributed by atoms with Gasteiger partial charge in [-0.05, 0) is 68.6 Å². The summed E-state index contributed by atoms with van der Waals surface area (Å²) in [6.45, 7) is 6.80. The summed E-state index contributed by atoms with van der Waals surface area (Å²) in [6.07, 6.45) is 20.5. The Morgan fingerprint density at radius 1 is 0.840 bits per heavy atom. The molecule has 144 valence electrons. The van der Waals surface area contributed by atoms with Crippen LogP contribution >= 0.6 is 0 Å². The van der Waals surface area contributed by atoms with Crippen LogP contribution in [0.25, 0.3) is 0 Å². The number of fused-ring (bicyclic) bond motifs is 1. The van der Waals surface area contributed by atoms with Crippen LogP contribution in [0.5, 0.6) is 0 Å². The topological polar surface area (TPSA) is 23.8 Å². The molecule has 0 spiro atoms. The fourth-order valence-corrected chi connectivity index (χ4v) is 6.13. The molecule has 0 amide bonds. The van der Waals surface area contributed by atoms with Crippen molar-refractivity contribution in [1.82, 2.24) is 0 Å². The highest BCUT2D eigenvalue weighted by molar-refractivity contribution is 5.04. The second kappa shape index (κ2) is 10.6. The van der Waals surface area contributed by atoms with Crippen LogP contribution in [0.1, 0.15) is 117 Å². The van der Waals surface area contributed by atoms with Crippen LogP contribution in [0.15, 0.2) is 0 Å². The zero-order valence-corrected chi connectivity index (χ0v) is 17.4. The van der Waals surface area contributed by atoms with E-state index in [1.54, 1.807) is 0 Å². The van der Waals surface area contributed by atoms with Crippen molar-refractivity contribution >= 4 is 0 Å². The Morgan fingerprint density at radius 3 is 2.24 bits per heavy atom. The first kappa shape index (κ1) is 20.8. The molecule has 0 aromatic heterocycles. The van der Waals surface area contributed by atoms with Gasteiger partial charge in [0.1, 0.15) is 0 Å². The third-order valence-corrected chi connectivity index (χ3v) is 7.77. The molecule has 25 heavy (non-hydrogen) atoms. The van der Waals surface area contributed by atoms with E-state index in [9.17, 15) is 5.26 Å². The predicted octanol–water partition coefficient (Wildman–Crippen LogP) is 7.90. The molecule has 2 saturated carbocycles. The molecule has 2 rings (SSSR count). The minimum Gasteiger partial charge on any atom is -0.198 e. The van der Waals surface area contributed by atoms with E-state index in [-0.39, 0.29) is 5.41 Å². The molecule has 0 heterocycles. The smallest absolute Gasteiger partial charge is 0.0692 e. The molecule has 0 saturated heterocycles. The SMILES string of the molecule is CCCCCCC[C@H]1CC[C@H]2C[C@H](C(C#N)(CC)CCC)CC[C@H]2C1. The van der Waals surface area contributed by atoms with Gasteiger partial charge in [0.15, 0.2) is 0 Å². The van der Waals surface area contributed by atoms with Gasteiger partial charge in [-0.25, -0.2) is 0 Å². The van der Waals surface area contributed by atoms with E-state index in [1.165, 1.54) is 77.0 Å². The molecule has 2 aliphatic carbocycles. The molecule has 2 fully saturated rings. The fourth-order valence-electron chi connectivity index (χ4n) is 6.13. The van der Waals surface area contributed by atoms with Gasteiger partial charge in [-0.1, -0.05) is 72.1 Å². The molecule has 1 heteroatoms. The highest BCUT2D eigenvalue weighted by Crippen LogP contribution is 2.52. The summed E-state index contributed by atoms with van der Waals surface area (Å²) in [5.41, 5.74) is -0.0180. The monoisotopic (exact) mass is 345 g/mol. The van der Waals surface area contributed by atoms with Crippen molar-refractivity contribution in [3.63, 3.8) is 0 Å². The van der Waals surface area contributed by atoms with Crippen molar-refractivity contribution < 1.29 is 0 Å². The maximum absolute atomic E-state index is 9.91. The Labute approximate surface area is 158 Å². The van der Waals surface area contributed by atoms with Gasteiger partial charge < -0.3 is 0 Å². The van der Waals surface area contributed by atoms with E-state index in [0.717, 1.165) is 37.0 Å². The lowest BCUT2D eigenvalue weighted by molar-refractivity contribution is 0.0466. The van der Waals surface area contributed by atoms with Crippen LogP contribution in [0.2, 0.25) is 0 Å². The fraction of sp³-hybridized carbons (Fsp3) is 0.958. The number of nitrogens with zero attached hydrogens (tertiary/aromatic N) is 1. The quantitative estimate of drug-likeness (QED) is 0.369. The van der Waals surface area contributed by atoms with Crippen LogP contribution in [-0.4, -0.2) is 0 Å². The van der Waals surface area contributed by atoms with E-state index in [4.69, 9.17) is 0 Å². The van der Waals surface area contributed by atoms with Gasteiger partial charge in [0.05, 0.1) is 11.5 Å². The molecule has 0 aromatic rings. The lowest BCUT2D eigenvalue weighted by Gasteiger charge is -2.46. The van der Waals surface area contributed by atoms with Crippen LogP contribution in [-0.2, 0) is 0 Å². The van der Waals surface area contributed by atoms with Crippen LogP contribution in [0.3, 0.4) is 0 Å². The van der Waals surface area contributed by atoms with E-state index in [1.807, 2.05) is 0 Å². The molecule has 0 aromatic carbocycles. The van der Waals surface area contributed by atoms with E-state index in [0.29, 0.717) is 5.92 Å². The molecule has 1 nitrogen and oxygen atoms in total. The van der Waals surface area contributed by atoms with Crippen molar-refractivity contribution in [2.45, 2.75) is 117 Å². The minimum absolute atomic E-state index is 0.0180. The third kappa shape index (κ3) is 5.48. The van der Waals surface area contributed by atoms with Crippen molar-refractivity contribution in [3.05, 3.63) is 0 Å². The average molecular weight is 346 g/mol. The zero-order chi connectivity index (χ0) is 18.1. The molecule has 0 aliphatic heterocycles. The third-order valence-electron chi connectivity index (χ3n) is 7.77. The Bertz CT molecular complexity index is 409. The van der Waals surface area contributed by atoms with Gasteiger partial charge >= 0.3 is 0 Å². The molecule has 0 radical (unpaired) electrons. The summed E-state index contributed by atoms with van der Waals surface area (Å²) in [5, 5.41) is 9.91. The Morgan fingerprint density at radius 2 is 1.56 bits per heavy atom. The first-order valence-corrected chi connectivity index (χ1v) is 11.6. The summed E-state index contributed by atoms with van der Waals surface area (Å²) in [4.78, 5) is 0. The highest BCUT2D eigenvalue weighted by atomic mass is 14.5. The molecule has 5 atom stereocenters. The molecular weight excluding hydrogens is 302 g/mol. The van der Waals surface area contributed by atoms with E-state index >= 15 is 0 Å². The van der Waals surface area contributed by atoms with Crippen molar-refractivity contribution in [3.8, 4) is 6.07 Å². The Hall–Kier alpha value is -0.510. The molecule has 0 bridgehead atoms. The minimum atomic E-state index is -0.0180. The summed E-state index contributed by atoms with van der Waals surface area (Å²) in [6, 6.07) is 2.78. The second-order valence-corrected chi connectivity index (χ2v) is 9.28. The standard InChI is InChI=1S/C24H43N/c1-4-7-8-9-10-11-20-12-13-22-18-23(15-14-21(22)17-20)24(6-3,19-25)16-5-2/h20-23H,4-18H2,1-3H3/t20-,21-,22-,23+,24?/m0/s1. The normalized spacial score (nSPS) is 31.8. The summed E-state index contributed by atoms with van der Waals surface area (Å²) >= 11 is 0. The molecular formula is C24H43N. The van der Waals surface area contributed by atoms with E-state index in [2.05, 4.69) is 26.8 Å². The van der Waals surface area contributed by atoms with Crippen molar-refractivity contribution in [2.75, 3.05) is 0 Å². The number of hydrogen-bond donors (Lipinski definition) is 0. The maximum Gasteiger partial charge on any atom is 0.0692 e. The molecule has 1 unspecified atom stereocenters. The average Bonchev–Trinajstić information content (AvgIpc) is 2.65. The Balaban J connectivity index is 1.80. The summed E-state index contributed by atoms with van der Waals surface area (Å²) in [5.74, 6) is 3.61. The lowest BCUT2D eigenvalue weighted by atomic mass is 9.57. The van der Waals surface area contributed by atoms with Gasteiger partial charge in [0.25, 0.3) is 0 Å².